The summed E-state index contributed by atoms with van der Waals surface area (Å²) in [4.78, 5) is 2.34. The number of nitrogens with one attached hydrogen (secondary N) is 2. The van der Waals surface area contributed by atoms with Crippen LogP contribution in [0.4, 0.5) is 4.39 Å². The Labute approximate surface area is 125 Å². The molecule has 0 unspecified atom stereocenters. The lowest BCUT2D eigenvalue weighted by molar-refractivity contribution is 0.344. The van der Waals surface area contributed by atoms with Crippen molar-refractivity contribution in [3.8, 4) is 0 Å². The minimum absolute atomic E-state index is 0.107. The standard InChI is InChI=1S/C14H22FN3O2S/c1-16-11-12-10-13(4-5-14(12)15)21(19,20)17-6-9-18-7-2-3-8-18/h4-5,10,16-17H,2-3,6-9,11H2,1H3. The lowest BCUT2D eigenvalue weighted by Gasteiger charge is -2.15. The van der Waals surface area contributed by atoms with Gasteiger partial charge in [-0.1, -0.05) is 0 Å². The second kappa shape index (κ2) is 7.31. The van der Waals surface area contributed by atoms with E-state index < -0.39 is 15.8 Å². The number of hydrogen-bond donors (Lipinski definition) is 2. The van der Waals surface area contributed by atoms with Crippen LogP contribution in [0.15, 0.2) is 23.1 Å². The van der Waals surface area contributed by atoms with Crippen LogP contribution in [0, 0.1) is 5.82 Å². The van der Waals surface area contributed by atoms with Crippen molar-refractivity contribution in [1.29, 1.82) is 0 Å². The summed E-state index contributed by atoms with van der Waals surface area (Å²) in [5.41, 5.74) is 0.347. The number of hydrogen-bond acceptors (Lipinski definition) is 4. The van der Waals surface area contributed by atoms with Crippen LogP contribution in [-0.4, -0.2) is 46.5 Å². The Kier molecular flexibility index (Phi) is 5.69. The minimum atomic E-state index is -3.58. The molecule has 118 valence electrons. The number of rotatable bonds is 7. The average molecular weight is 315 g/mol. The van der Waals surface area contributed by atoms with Crippen LogP contribution in [0.2, 0.25) is 0 Å². The average Bonchev–Trinajstić information content (AvgIpc) is 2.94. The number of likely N-dealkylation sites (tertiary alicyclic amines) is 1. The zero-order chi connectivity index (χ0) is 15.3. The van der Waals surface area contributed by atoms with Crippen molar-refractivity contribution in [1.82, 2.24) is 14.9 Å². The molecule has 2 rings (SSSR count). The lowest BCUT2D eigenvalue weighted by atomic mass is 10.2. The van der Waals surface area contributed by atoms with Crippen molar-refractivity contribution in [2.24, 2.45) is 0 Å². The smallest absolute Gasteiger partial charge is 0.240 e. The molecule has 1 heterocycles. The molecule has 0 saturated carbocycles. The molecule has 1 saturated heterocycles. The number of halogens is 1. The fourth-order valence-electron chi connectivity index (χ4n) is 2.47. The van der Waals surface area contributed by atoms with Gasteiger partial charge in [0.15, 0.2) is 0 Å². The van der Waals surface area contributed by atoms with E-state index in [1.165, 1.54) is 31.0 Å². The summed E-state index contributed by atoms with van der Waals surface area (Å²) in [6, 6.07) is 3.87. The molecular formula is C14H22FN3O2S. The maximum Gasteiger partial charge on any atom is 0.240 e. The van der Waals surface area contributed by atoms with Crippen LogP contribution in [0.3, 0.4) is 0 Å². The van der Waals surface area contributed by atoms with Gasteiger partial charge < -0.3 is 10.2 Å². The monoisotopic (exact) mass is 315 g/mol. The van der Waals surface area contributed by atoms with Gasteiger partial charge in [0, 0.05) is 25.2 Å². The van der Waals surface area contributed by atoms with Crippen molar-refractivity contribution in [3.63, 3.8) is 0 Å². The first kappa shape index (κ1) is 16.4. The Balaban J connectivity index is 1.99. The van der Waals surface area contributed by atoms with E-state index >= 15 is 0 Å². The summed E-state index contributed by atoms with van der Waals surface area (Å²) in [5, 5.41) is 2.82. The minimum Gasteiger partial charge on any atom is -0.316 e. The van der Waals surface area contributed by atoms with E-state index in [0.29, 0.717) is 25.2 Å². The molecule has 7 heteroatoms. The van der Waals surface area contributed by atoms with Gasteiger partial charge in [0.1, 0.15) is 5.82 Å². The highest BCUT2D eigenvalue weighted by Gasteiger charge is 2.17. The molecule has 5 nitrogen and oxygen atoms in total. The third-order valence-electron chi connectivity index (χ3n) is 3.61. The Bertz CT molecular complexity index is 572. The fraction of sp³-hybridized carbons (Fsp3) is 0.571. The molecular weight excluding hydrogens is 293 g/mol. The van der Waals surface area contributed by atoms with Gasteiger partial charge in [0.2, 0.25) is 10.0 Å². The molecule has 0 amide bonds. The van der Waals surface area contributed by atoms with Gasteiger partial charge in [-0.25, -0.2) is 17.5 Å². The molecule has 21 heavy (non-hydrogen) atoms. The zero-order valence-electron chi connectivity index (χ0n) is 12.2. The summed E-state index contributed by atoms with van der Waals surface area (Å²) >= 11 is 0. The summed E-state index contributed by atoms with van der Waals surface area (Å²) in [7, 11) is -1.89. The summed E-state index contributed by atoms with van der Waals surface area (Å²) in [6.07, 6.45) is 2.36. The second-order valence-corrected chi connectivity index (χ2v) is 7.00. The Morgan fingerprint density at radius 3 is 2.67 bits per heavy atom. The second-order valence-electron chi connectivity index (χ2n) is 5.23. The van der Waals surface area contributed by atoms with Crippen LogP contribution in [-0.2, 0) is 16.6 Å². The molecule has 1 aliphatic heterocycles. The summed E-state index contributed by atoms with van der Waals surface area (Å²) < 4.78 is 40.5. The van der Waals surface area contributed by atoms with E-state index in [4.69, 9.17) is 0 Å². The highest BCUT2D eigenvalue weighted by molar-refractivity contribution is 7.89. The maximum absolute atomic E-state index is 13.5. The highest BCUT2D eigenvalue weighted by Crippen LogP contribution is 2.15. The number of benzene rings is 1. The third kappa shape index (κ3) is 4.47. The largest absolute Gasteiger partial charge is 0.316 e. The third-order valence-corrected chi connectivity index (χ3v) is 5.07. The topological polar surface area (TPSA) is 61.4 Å². The Morgan fingerprint density at radius 2 is 2.00 bits per heavy atom. The molecule has 0 aromatic heterocycles. The van der Waals surface area contributed by atoms with E-state index in [9.17, 15) is 12.8 Å². The van der Waals surface area contributed by atoms with Gasteiger partial charge in [-0.15, -0.1) is 0 Å². The van der Waals surface area contributed by atoms with Gasteiger partial charge in [-0.3, -0.25) is 0 Å². The van der Waals surface area contributed by atoms with Crippen LogP contribution in [0.5, 0.6) is 0 Å². The lowest BCUT2D eigenvalue weighted by Crippen LogP contribution is -2.33. The molecule has 0 aliphatic carbocycles. The van der Waals surface area contributed by atoms with Crippen molar-refractivity contribution < 1.29 is 12.8 Å². The molecule has 0 atom stereocenters. The molecule has 0 radical (unpaired) electrons. The molecule has 0 bridgehead atoms. The zero-order valence-corrected chi connectivity index (χ0v) is 13.0. The van der Waals surface area contributed by atoms with E-state index in [0.717, 1.165) is 13.1 Å². The Morgan fingerprint density at radius 1 is 1.29 bits per heavy atom. The molecule has 1 aliphatic rings. The quantitative estimate of drug-likeness (QED) is 0.785. The molecule has 1 fully saturated rings. The van der Waals surface area contributed by atoms with Crippen molar-refractivity contribution in [3.05, 3.63) is 29.6 Å². The molecule has 1 aromatic carbocycles. The van der Waals surface area contributed by atoms with Crippen molar-refractivity contribution in [2.45, 2.75) is 24.3 Å². The SMILES string of the molecule is CNCc1cc(S(=O)(=O)NCCN2CCCC2)ccc1F. The van der Waals surface area contributed by atoms with Crippen LogP contribution >= 0.6 is 0 Å². The van der Waals surface area contributed by atoms with Crippen LogP contribution < -0.4 is 10.0 Å². The normalized spacial score (nSPS) is 16.5. The number of nitrogens with zero attached hydrogens (tertiary/aromatic N) is 1. The van der Waals surface area contributed by atoms with Gasteiger partial charge in [-0.2, -0.15) is 0 Å². The predicted octanol–water partition coefficient (Wildman–Crippen LogP) is 0.919. The van der Waals surface area contributed by atoms with E-state index in [1.54, 1.807) is 7.05 Å². The van der Waals surface area contributed by atoms with E-state index in [1.807, 2.05) is 0 Å². The van der Waals surface area contributed by atoms with Gasteiger partial charge in [0.25, 0.3) is 0 Å². The van der Waals surface area contributed by atoms with Gasteiger partial charge >= 0.3 is 0 Å². The highest BCUT2D eigenvalue weighted by atomic mass is 32.2. The molecule has 2 N–H and O–H groups in total. The van der Waals surface area contributed by atoms with E-state index in [2.05, 4.69) is 14.9 Å². The van der Waals surface area contributed by atoms with Gasteiger partial charge in [0.05, 0.1) is 4.90 Å². The fourth-order valence-corrected chi connectivity index (χ4v) is 3.54. The number of sulfonamides is 1. The van der Waals surface area contributed by atoms with Crippen molar-refractivity contribution >= 4 is 10.0 Å². The van der Waals surface area contributed by atoms with Gasteiger partial charge in [-0.05, 0) is 51.2 Å². The maximum atomic E-state index is 13.5. The summed E-state index contributed by atoms with van der Waals surface area (Å²) in [6.45, 7) is 3.45. The molecule has 1 aromatic rings. The first-order chi connectivity index (χ1) is 10.0. The summed E-state index contributed by atoms with van der Waals surface area (Å²) in [5.74, 6) is -0.402. The van der Waals surface area contributed by atoms with Crippen LogP contribution in [0.25, 0.3) is 0 Å². The first-order valence-corrected chi connectivity index (χ1v) is 8.66. The first-order valence-electron chi connectivity index (χ1n) is 7.18. The molecule has 0 spiro atoms. The van der Waals surface area contributed by atoms with Crippen molar-refractivity contribution in [2.75, 3.05) is 33.2 Å². The van der Waals surface area contributed by atoms with Crippen LogP contribution in [0.1, 0.15) is 18.4 Å². The van der Waals surface area contributed by atoms with E-state index in [-0.39, 0.29) is 4.90 Å². The Hall–Kier alpha value is -1.02. The predicted molar refractivity (Wildman–Crippen MR) is 80.0 cm³/mol.